The maximum atomic E-state index is 13.4. The van der Waals surface area contributed by atoms with Crippen molar-refractivity contribution in [2.24, 2.45) is 5.92 Å². The Kier molecular flexibility index (Phi) is 8.52. The molecule has 0 unspecified atom stereocenters. The lowest BCUT2D eigenvalue weighted by Gasteiger charge is -2.25. The van der Waals surface area contributed by atoms with Crippen molar-refractivity contribution >= 4 is 57.4 Å². The molecule has 0 aliphatic heterocycles. The van der Waals surface area contributed by atoms with Gasteiger partial charge in [0.2, 0.25) is 5.91 Å². The molecule has 2 N–H and O–H groups in total. The molecule has 7 nitrogen and oxygen atoms in total. The van der Waals surface area contributed by atoms with Gasteiger partial charge >= 0.3 is 6.03 Å². The van der Waals surface area contributed by atoms with Crippen molar-refractivity contribution < 1.29 is 9.59 Å². The summed E-state index contributed by atoms with van der Waals surface area (Å²) in [6.45, 7) is 10.4. The highest BCUT2D eigenvalue weighted by molar-refractivity contribution is 6.42. The Balaban J connectivity index is 1.58. The molecule has 0 saturated carbocycles. The first-order chi connectivity index (χ1) is 18.4. The lowest BCUT2D eigenvalue weighted by molar-refractivity contribution is -0.116. The van der Waals surface area contributed by atoms with Gasteiger partial charge in [0.1, 0.15) is 12.4 Å². The monoisotopic (exact) mass is 565 g/mol. The number of hydrogen-bond acceptors (Lipinski definition) is 3. The molecule has 0 atom stereocenters. The zero-order valence-corrected chi connectivity index (χ0v) is 24.3. The second-order valence-electron chi connectivity index (χ2n) is 11.0. The van der Waals surface area contributed by atoms with E-state index in [0.29, 0.717) is 33.8 Å². The number of carbonyl (C=O) groups is 2. The number of benzene rings is 3. The molecule has 3 aromatic carbocycles. The number of nitrogens with one attached hydrogen (secondary N) is 2. The van der Waals surface area contributed by atoms with E-state index >= 15 is 0 Å². The van der Waals surface area contributed by atoms with Crippen molar-refractivity contribution in [3.63, 3.8) is 0 Å². The van der Waals surface area contributed by atoms with E-state index in [-0.39, 0.29) is 29.8 Å². The molecule has 0 bridgehead atoms. The predicted molar refractivity (Wildman–Crippen MR) is 160 cm³/mol. The number of urea groups is 1. The molecule has 204 valence electrons. The normalized spacial score (nSPS) is 11.6. The van der Waals surface area contributed by atoms with Gasteiger partial charge in [0.15, 0.2) is 0 Å². The second kappa shape index (κ2) is 11.7. The Morgan fingerprint density at radius 3 is 2.36 bits per heavy atom. The molecule has 3 amide bonds. The zero-order chi connectivity index (χ0) is 28.3. The highest BCUT2D eigenvalue weighted by Gasteiger charge is 2.24. The maximum absolute atomic E-state index is 13.4. The summed E-state index contributed by atoms with van der Waals surface area (Å²) in [6, 6.07) is 20.2. The summed E-state index contributed by atoms with van der Waals surface area (Å²) in [7, 11) is 0. The summed E-state index contributed by atoms with van der Waals surface area (Å²) in [5.74, 6) is 0.290. The van der Waals surface area contributed by atoms with Gasteiger partial charge < -0.3 is 15.5 Å². The quantitative estimate of drug-likeness (QED) is 0.240. The van der Waals surface area contributed by atoms with Gasteiger partial charge in [-0.25, -0.2) is 9.48 Å². The van der Waals surface area contributed by atoms with Crippen LogP contribution in [0.1, 0.15) is 40.3 Å². The highest BCUT2D eigenvalue weighted by Crippen LogP contribution is 2.30. The van der Waals surface area contributed by atoms with Crippen LogP contribution in [0.25, 0.3) is 16.5 Å². The SMILES string of the molecule is CC(C)CN(CC(=O)Nc1cc(C(C)(C)C)nn1-c1ccc(Cl)c(Cl)c1)C(=O)Nc1cccc2ccccc12. The number of nitrogens with zero attached hydrogens (tertiary/aromatic N) is 3. The van der Waals surface area contributed by atoms with Crippen LogP contribution >= 0.6 is 23.2 Å². The third-order valence-electron chi connectivity index (χ3n) is 6.13. The average molecular weight is 567 g/mol. The van der Waals surface area contributed by atoms with Crippen LogP contribution in [0.15, 0.2) is 66.7 Å². The number of halogens is 2. The molecule has 0 spiro atoms. The zero-order valence-electron chi connectivity index (χ0n) is 22.8. The molecule has 0 radical (unpaired) electrons. The van der Waals surface area contributed by atoms with Crippen molar-refractivity contribution in [1.82, 2.24) is 14.7 Å². The van der Waals surface area contributed by atoms with Crippen LogP contribution in [-0.2, 0) is 10.2 Å². The summed E-state index contributed by atoms with van der Waals surface area (Å²) in [6.07, 6.45) is 0. The summed E-state index contributed by atoms with van der Waals surface area (Å²) in [5.41, 5.74) is 1.88. The Hall–Kier alpha value is -3.55. The van der Waals surface area contributed by atoms with Crippen molar-refractivity contribution in [2.45, 2.75) is 40.0 Å². The van der Waals surface area contributed by atoms with Crippen molar-refractivity contribution in [3.8, 4) is 5.69 Å². The Bertz CT molecular complexity index is 1500. The summed E-state index contributed by atoms with van der Waals surface area (Å²) >= 11 is 12.4. The standard InChI is InChI=1S/C30H33Cl2N5O2/c1-19(2)17-36(29(39)33-25-12-8-10-20-9-6-7-11-22(20)25)18-28(38)34-27-16-26(30(3,4)5)35-37(27)21-13-14-23(31)24(32)15-21/h6-16,19H,17-18H2,1-5H3,(H,33,39)(H,34,38). The second-order valence-corrected chi connectivity index (χ2v) is 11.8. The average Bonchev–Trinajstić information content (AvgIpc) is 3.29. The minimum atomic E-state index is -0.344. The first kappa shape index (κ1) is 28.5. The molecule has 0 saturated heterocycles. The largest absolute Gasteiger partial charge is 0.322 e. The molecule has 4 aromatic rings. The number of rotatable bonds is 7. The fraction of sp³-hybridized carbons (Fsp3) is 0.300. The van der Waals surface area contributed by atoms with E-state index in [0.717, 1.165) is 16.5 Å². The van der Waals surface area contributed by atoms with Crippen LogP contribution in [0.5, 0.6) is 0 Å². The highest BCUT2D eigenvalue weighted by atomic mass is 35.5. The summed E-state index contributed by atoms with van der Waals surface area (Å²) in [5, 5.41) is 13.4. The van der Waals surface area contributed by atoms with Crippen molar-refractivity contribution in [1.29, 1.82) is 0 Å². The molecule has 4 rings (SSSR count). The van der Waals surface area contributed by atoms with Gasteiger partial charge in [0.25, 0.3) is 0 Å². The molecular weight excluding hydrogens is 533 g/mol. The molecule has 1 aromatic heterocycles. The maximum Gasteiger partial charge on any atom is 0.322 e. The van der Waals surface area contributed by atoms with Gasteiger partial charge in [-0.2, -0.15) is 5.10 Å². The lowest BCUT2D eigenvalue weighted by Crippen LogP contribution is -2.42. The molecular formula is C30H33Cl2N5O2. The molecule has 9 heteroatoms. The van der Waals surface area contributed by atoms with Crippen LogP contribution in [0.2, 0.25) is 10.0 Å². The Labute approximate surface area is 239 Å². The number of hydrogen-bond donors (Lipinski definition) is 2. The minimum Gasteiger partial charge on any atom is -0.315 e. The van der Waals surface area contributed by atoms with E-state index in [9.17, 15) is 9.59 Å². The van der Waals surface area contributed by atoms with E-state index in [1.54, 1.807) is 22.9 Å². The van der Waals surface area contributed by atoms with Crippen LogP contribution in [0.4, 0.5) is 16.3 Å². The van der Waals surface area contributed by atoms with Gasteiger partial charge in [-0.3, -0.25) is 4.79 Å². The fourth-order valence-electron chi connectivity index (χ4n) is 4.19. The van der Waals surface area contributed by atoms with E-state index in [2.05, 4.69) is 10.6 Å². The van der Waals surface area contributed by atoms with E-state index < -0.39 is 0 Å². The first-order valence-electron chi connectivity index (χ1n) is 12.8. The number of fused-ring (bicyclic) bond motifs is 1. The Morgan fingerprint density at radius 1 is 0.949 bits per heavy atom. The topological polar surface area (TPSA) is 79.3 Å². The molecule has 0 fully saturated rings. The van der Waals surface area contributed by atoms with E-state index in [4.69, 9.17) is 28.3 Å². The number of aromatic nitrogens is 2. The van der Waals surface area contributed by atoms with Gasteiger partial charge in [-0.05, 0) is 35.6 Å². The van der Waals surface area contributed by atoms with E-state index in [1.165, 1.54) is 4.90 Å². The van der Waals surface area contributed by atoms with Crippen LogP contribution in [0.3, 0.4) is 0 Å². The van der Waals surface area contributed by atoms with Gasteiger partial charge in [0, 0.05) is 23.4 Å². The van der Waals surface area contributed by atoms with Crippen LogP contribution in [0, 0.1) is 5.92 Å². The van der Waals surface area contributed by atoms with Gasteiger partial charge in [-0.15, -0.1) is 0 Å². The molecule has 39 heavy (non-hydrogen) atoms. The minimum absolute atomic E-state index is 0.133. The molecule has 1 heterocycles. The first-order valence-corrected chi connectivity index (χ1v) is 13.6. The van der Waals surface area contributed by atoms with Crippen LogP contribution < -0.4 is 10.6 Å². The fourth-order valence-corrected chi connectivity index (χ4v) is 4.49. The van der Waals surface area contributed by atoms with Gasteiger partial charge in [0.05, 0.1) is 27.1 Å². The smallest absolute Gasteiger partial charge is 0.315 e. The Morgan fingerprint density at radius 2 is 1.67 bits per heavy atom. The number of amides is 3. The number of carbonyl (C=O) groups excluding carboxylic acids is 2. The van der Waals surface area contributed by atoms with Crippen molar-refractivity contribution in [2.75, 3.05) is 23.7 Å². The van der Waals surface area contributed by atoms with Crippen molar-refractivity contribution in [3.05, 3.63) is 82.5 Å². The third-order valence-corrected chi connectivity index (χ3v) is 6.87. The lowest BCUT2D eigenvalue weighted by atomic mass is 9.92. The third kappa shape index (κ3) is 6.91. The van der Waals surface area contributed by atoms with E-state index in [1.807, 2.05) is 83.1 Å². The number of anilines is 2. The summed E-state index contributed by atoms with van der Waals surface area (Å²) < 4.78 is 1.63. The predicted octanol–water partition coefficient (Wildman–Crippen LogP) is 7.76. The summed E-state index contributed by atoms with van der Waals surface area (Å²) in [4.78, 5) is 28.2. The van der Waals surface area contributed by atoms with Crippen LogP contribution in [-0.4, -0.2) is 39.7 Å². The molecule has 0 aliphatic rings. The van der Waals surface area contributed by atoms with Gasteiger partial charge in [-0.1, -0.05) is 94.2 Å². The molecule has 0 aliphatic carbocycles.